The Kier molecular flexibility index (Phi) is 6.74. The summed E-state index contributed by atoms with van der Waals surface area (Å²) in [5, 5.41) is 12.1. The number of piperidine rings is 1. The number of carbonyl (C=O) groups excluding carboxylic acids is 1. The first kappa shape index (κ1) is 23.7. The standard InChI is InChI=1S/C29H29ClN2O3/c1-20-17-32(15-12-29(20,34)22-7-9-23(30)10-8-22)14-3-5-24-25-4-2-13-31-27(25)19-35-28-11-6-21(18-33)16-26(24)28/h2,4-11,13,16,18,20,34H,3,12,14-15,17,19H2,1H3/b24-5+. The first-order valence-corrected chi connectivity index (χ1v) is 12.4. The van der Waals surface area contributed by atoms with E-state index in [1.54, 1.807) is 12.3 Å². The van der Waals surface area contributed by atoms with Crippen LogP contribution in [0.4, 0.5) is 0 Å². The molecule has 2 aromatic carbocycles. The van der Waals surface area contributed by atoms with Gasteiger partial charge in [-0.3, -0.25) is 9.78 Å². The van der Waals surface area contributed by atoms with Crippen LogP contribution in [0.3, 0.4) is 0 Å². The molecule has 5 rings (SSSR count). The Labute approximate surface area is 211 Å². The number of halogens is 1. The van der Waals surface area contributed by atoms with E-state index in [2.05, 4.69) is 29.0 Å². The number of ether oxygens (including phenoxy) is 1. The number of likely N-dealkylation sites (tertiary alicyclic amines) is 1. The molecule has 6 heteroatoms. The molecule has 0 bridgehead atoms. The van der Waals surface area contributed by atoms with Crippen molar-refractivity contribution in [1.29, 1.82) is 0 Å². The summed E-state index contributed by atoms with van der Waals surface area (Å²) in [6.45, 7) is 5.02. The maximum atomic E-state index is 11.4. The van der Waals surface area contributed by atoms with Gasteiger partial charge in [0.1, 0.15) is 18.6 Å². The number of aliphatic hydroxyl groups is 1. The summed E-state index contributed by atoms with van der Waals surface area (Å²) >= 11 is 6.04. The third-order valence-corrected chi connectivity index (χ3v) is 7.52. The average Bonchev–Trinajstić information content (AvgIpc) is 3.03. The van der Waals surface area contributed by atoms with Crippen LogP contribution < -0.4 is 4.74 Å². The molecular weight excluding hydrogens is 460 g/mol. The Morgan fingerprint density at radius 2 is 2.03 bits per heavy atom. The van der Waals surface area contributed by atoms with E-state index in [9.17, 15) is 9.90 Å². The van der Waals surface area contributed by atoms with Crippen LogP contribution in [-0.2, 0) is 12.2 Å². The lowest BCUT2D eigenvalue weighted by atomic mass is 9.77. The van der Waals surface area contributed by atoms with Gasteiger partial charge in [0.2, 0.25) is 0 Å². The van der Waals surface area contributed by atoms with E-state index in [0.29, 0.717) is 23.6 Å². The van der Waals surface area contributed by atoms with Gasteiger partial charge in [-0.2, -0.15) is 0 Å². The molecule has 0 saturated carbocycles. The molecule has 35 heavy (non-hydrogen) atoms. The van der Waals surface area contributed by atoms with Gasteiger partial charge in [-0.1, -0.05) is 42.8 Å². The molecule has 180 valence electrons. The number of hydrogen-bond acceptors (Lipinski definition) is 5. The molecule has 3 heterocycles. The lowest BCUT2D eigenvalue weighted by molar-refractivity contribution is -0.0706. The monoisotopic (exact) mass is 488 g/mol. The van der Waals surface area contributed by atoms with Crippen molar-refractivity contribution in [2.24, 2.45) is 5.92 Å². The van der Waals surface area contributed by atoms with Gasteiger partial charge in [0.05, 0.1) is 11.3 Å². The Hall–Kier alpha value is -2.99. The van der Waals surface area contributed by atoms with Crippen molar-refractivity contribution in [3.05, 3.63) is 99.8 Å². The molecule has 0 aliphatic carbocycles. The van der Waals surface area contributed by atoms with Crippen molar-refractivity contribution >= 4 is 23.5 Å². The molecule has 0 radical (unpaired) electrons. The molecule has 2 atom stereocenters. The van der Waals surface area contributed by atoms with Crippen LogP contribution in [0, 0.1) is 5.92 Å². The van der Waals surface area contributed by atoms with E-state index in [0.717, 1.165) is 66.0 Å². The molecule has 1 fully saturated rings. The lowest BCUT2D eigenvalue weighted by Crippen LogP contribution is -2.49. The molecule has 2 aliphatic heterocycles. The fraction of sp³-hybridized carbons (Fsp3) is 0.310. The number of carbonyl (C=O) groups is 1. The normalized spacial score (nSPS) is 23.2. The molecule has 2 unspecified atom stereocenters. The Balaban J connectivity index is 1.34. The summed E-state index contributed by atoms with van der Waals surface area (Å²) in [5.74, 6) is 0.858. The molecule has 5 nitrogen and oxygen atoms in total. The van der Waals surface area contributed by atoms with Crippen molar-refractivity contribution in [2.45, 2.75) is 32.0 Å². The molecule has 3 aromatic rings. The Morgan fingerprint density at radius 3 is 2.80 bits per heavy atom. The van der Waals surface area contributed by atoms with Gasteiger partial charge < -0.3 is 14.7 Å². The van der Waals surface area contributed by atoms with Crippen LogP contribution in [-0.4, -0.2) is 40.9 Å². The number of benzene rings is 2. The summed E-state index contributed by atoms with van der Waals surface area (Å²) < 4.78 is 6.02. The van der Waals surface area contributed by atoms with Gasteiger partial charge in [0.25, 0.3) is 0 Å². The molecule has 0 spiro atoms. The van der Waals surface area contributed by atoms with Gasteiger partial charge in [0, 0.05) is 53.5 Å². The predicted molar refractivity (Wildman–Crippen MR) is 138 cm³/mol. The third-order valence-electron chi connectivity index (χ3n) is 7.27. The minimum atomic E-state index is -0.840. The van der Waals surface area contributed by atoms with Gasteiger partial charge in [-0.05, 0) is 60.4 Å². The van der Waals surface area contributed by atoms with E-state index in [4.69, 9.17) is 16.3 Å². The zero-order chi connectivity index (χ0) is 24.4. The zero-order valence-electron chi connectivity index (χ0n) is 19.8. The van der Waals surface area contributed by atoms with E-state index in [1.165, 1.54) is 0 Å². The van der Waals surface area contributed by atoms with Crippen LogP contribution in [0.15, 0.2) is 66.9 Å². The number of aromatic nitrogens is 1. The Morgan fingerprint density at radius 1 is 1.20 bits per heavy atom. The van der Waals surface area contributed by atoms with Crippen LogP contribution in [0.2, 0.25) is 5.02 Å². The number of aldehydes is 1. The number of hydrogen-bond donors (Lipinski definition) is 1. The smallest absolute Gasteiger partial charge is 0.150 e. The molecule has 1 saturated heterocycles. The highest BCUT2D eigenvalue weighted by atomic mass is 35.5. The first-order valence-electron chi connectivity index (χ1n) is 12.1. The number of fused-ring (bicyclic) bond motifs is 2. The van der Waals surface area contributed by atoms with Crippen molar-refractivity contribution in [1.82, 2.24) is 9.88 Å². The molecule has 0 amide bonds. The van der Waals surface area contributed by atoms with Crippen molar-refractivity contribution < 1.29 is 14.6 Å². The highest BCUT2D eigenvalue weighted by molar-refractivity contribution is 6.30. The van der Waals surface area contributed by atoms with Gasteiger partial charge in [0.15, 0.2) is 0 Å². The number of rotatable bonds is 5. The second-order valence-electron chi connectivity index (χ2n) is 9.45. The van der Waals surface area contributed by atoms with Crippen LogP contribution in [0.25, 0.3) is 5.57 Å². The molecular formula is C29H29ClN2O3. The predicted octanol–water partition coefficient (Wildman–Crippen LogP) is 5.49. The largest absolute Gasteiger partial charge is 0.487 e. The topological polar surface area (TPSA) is 62.7 Å². The molecule has 2 aliphatic rings. The van der Waals surface area contributed by atoms with Gasteiger partial charge >= 0.3 is 0 Å². The Bertz CT molecular complexity index is 1260. The quantitative estimate of drug-likeness (QED) is 0.481. The summed E-state index contributed by atoms with van der Waals surface area (Å²) in [4.78, 5) is 18.4. The van der Waals surface area contributed by atoms with Gasteiger partial charge in [-0.25, -0.2) is 0 Å². The summed E-state index contributed by atoms with van der Waals surface area (Å²) in [5.41, 5.74) is 4.61. The zero-order valence-corrected chi connectivity index (χ0v) is 20.5. The van der Waals surface area contributed by atoms with E-state index in [1.807, 2.05) is 42.5 Å². The maximum Gasteiger partial charge on any atom is 0.150 e. The van der Waals surface area contributed by atoms with Crippen molar-refractivity contribution in [2.75, 3.05) is 19.6 Å². The minimum Gasteiger partial charge on any atom is -0.487 e. The minimum absolute atomic E-state index is 0.0946. The summed E-state index contributed by atoms with van der Waals surface area (Å²) in [7, 11) is 0. The second kappa shape index (κ2) is 9.94. The fourth-order valence-electron chi connectivity index (χ4n) is 5.23. The van der Waals surface area contributed by atoms with E-state index >= 15 is 0 Å². The van der Waals surface area contributed by atoms with Crippen LogP contribution in [0.1, 0.15) is 52.5 Å². The van der Waals surface area contributed by atoms with E-state index in [-0.39, 0.29) is 5.92 Å². The second-order valence-corrected chi connectivity index (χ2v) is 9.89. The molecule has 1 N–H and O–H groups in total. The van der Waals surface area contributed by atoms with Crippen LogP contribution in [0.5, 0.6) is 5.75 Å². The van der Waals surface area contributed by atoms with Gasteiger partial charge in [-0.15, -0.1) is 0 Å². The summed E-state index contributed by atoms with van der Waals surface area (Å²) in [6, 6.07) is 17.1. The fourth-order valence-corrected chi connectivity index (χ4v) is 5.36. The number of nitrogens with zero attached hydrogens (tertiary/aromatic N) is 2. The lowest BCUT2D eigenvalue weighted by Gasteiger charge is -2.43. The maximum absolute atomic E-state index is 11.4. The van der Waals surface area contributed by atoms with Crippen molar-refractivity contribution in [3.63, 3.8) is 0 Å². The van der Waals surface area contributed by atoms with E-state index < -0.39 is 5.60 Å². The third kappa shape index (κ3) is 4.76. The first-order chi connectivity index (χ1) is 17.0. The highest BCUT2D eigenvalue weighted by Gasteiger charge is 2.40. The number of pyridine rings is 1. The average molecular weight is 489 g/mol. The van der Waals surface area contributed by atoms with Crippen LogP contribution >= 0.6 is 11.6 Å². The summed E-state index contributed by atoms with van der Waals surface area (Å²) in [6.07, 6.45) is 6.39. The van der Waals surface area contributed by atoms with Crippen molar-refractivity contribution in [3.8, 4) is 5.75 Å². The molecule has 1 aromatic heterocycles. The SMILES string of the molecule is CC1CN(CC/C=C2/c3cc(C=O)ccc3OCc3ncccc32)CCC1(O)c1ccc(Cl)cc1. The highest BCUT2D eigenvalue weighted by Crippen LogP contribution is 2.39.